The fraction of sp³-hybridized carbons (Fsp3) is 0.263. The van der Waals surface area contributed by atoms with Crippen molar-refractivity contribution in [3.05, 3.63) is 60.2 Å². The van der Waals surface area contributed by atoms with Crippen LogP contribution in [0.4, 0.5) is 5.69 Å². The first-order valence-corrected chi connectivity index (χ1v) is 9.96. The third-order valence-corrected chi connectivity index (χ3v) is 4.94. The van der Waals surface area contributed by atoms with Gasteiger partial charge in [0.25, 0.3) is 5.91 Å². The summed E-state index contributed by atoms with van der Waals surface area (Å²) >= 11 is 0. The van der Waals surface area contributed by atoms with Crippen molar-refractivity contribution in [3.8, 4) is 0 Å². The number of primary sulfonamides is 1. The van der Waals surface area contributed by atoms with Crippen molar-refractivity contribution in [2.24, 2.45) is 5.14 Å². The number of rotatable bonds is 7. The normalized spacial score (nSPS) is 13.4. The maximum atomic E-state index is 12.4. The molecule has 0 aliphatic carbocycles. The zero-order valence-electron chi connectivity index (χ0n) is 15.1. The van der Waals surface area contributed by atoms with Crippen LogP contribution in [0.15, 0.2) is 59.5 Å². The van der Waals surface area contributed by atoms with E-state index in [0.717, 1.165) is 5.56 Å². The van der Waals surface area contributed by atoms with Crippen molar-refractivity contribution in [3.63, 3.8) is 0 Å². The van der Waals surface area contributed by atoms with Crippen LogP contribution < -0.4 is 10.5 Å². The lowest BCUT2D eigenvalue weighted by atomic mass is 9.97. The van der Waals surface area contributed by atoms with Crippen molar-refractivity contribution in [2.45, 2.75) is 37.2 Å². The Morgan fingerprint density at radius 1 is 1.07 bits per heavy atom. The highest BCUT2D eigenvalue weighted by atomic mass is 32.2. The third-order valence-electron chi connectivity index (χ3n) is 4.01. The zero-order chi connectivity index (χ0) is 20.0. The fourth-order valence-corrected chi connectivity index (χ4v) is 3.02. The summed E-state index contributed by atoms with van der Waals surface area (Å²) in [6, 6.07) is 14.6. The number of carbonyl (C=O) groups is 2. The molecule has 0 heterocycles. The van der Waals surface area contributed by atoms with Crippen LogP contribution in [-0.4, -0.2) is 26.4 Å². The minimum absolute atomic E-state index is 0.0615. The molecule has 2 aromatic carbocycles. The van der Waals surface area contributed by atoms with Gasteiger partial charge in [0.2, 0.25) is 10.0 Å². The average molecular weight is 390 g/mol. The molecule has 7 nitrogen and oxygen atoms in total. The molecule has 2 atom stereocenters. The Morgan fingerprint density at radius 2 is 1.67 bits per heavy atom. The van der Waals surface area contributed by atoms with Crippen LogP contribution in [0.5, 0.6) is 0 Å². The van der Waals surface area contributed by atoms with E-state index in [4.69, 9.17) is 9.88 Å². The summed E-state index contributed by atoms with van der Waals surface area (Å²) in [5.74, 6) is -1.44. The van der Waals surface area contributed by atoms with E-state index in [1.165, 1.54) is 31.2 Å². The Morgan fingerprint density at radius 3 is 2.19 bits per heavy atom. The van der Waals surface area contributed by atoms with Gasteiger partial charge in [0.05, 0.1) is 10.8 Å². The molecule has 0 saturated heterocycles. The number of esters is 1. The molecule has 0 aromatic heterocycles. The molecule has 0 bridgehead atoms. The number of hydrogen-bond acceptors (Lipinski definition) is 5. The van der Waals surface area contributed by atoms with E-state index >= 15 is 0 Å². The Balaban J connectivity index is 1.99. The van der Waals surface area contributed by atoms with E-state index in [0.29, 0.717) is 12.1 Å². The topological polar surface area (TPSA) is 116 Å². The van der Waals surface area contributed by atoms with Gasteiger partial charge in [0.15, 0.2) is 6.10 Å². The highest BCUT2D eigenvalue weighted by Crippen LogP contribution is 2.21. The van der Waals surface area contributed by atoms with Gasteiger partial charge in [0, 0.05) is 5.69 Å². The molecule has 1 amide bonds. The smallest absolute Gasteiger partial charge is 0.314 e. The second-order valence-electron chi connectivity index (χ2n) is 6.01. The van der Waals surface area contributed by atoms with Crippen LogP contribution in [0.1, 0.15) is 31.7 Å². The summed E-state index contributed by atoms with van der Waals surface area (Å²) in [5, 5.41) is 7.60. The number of ether oxygens (including phenoxy) is 1. The number of amides is 1. The van der Waals surface area contributed by atoms with Crippen molar-refractivity contribution < 1.29 is 22.7 Å². The lowest BCUT2D eigenvalue weighted by molar-refractivity contribution is -0.154. The molecular formula is C19H22N2O5S. The van der Waals surface area contributed by atoms with E-state index in [1.54, 1.807) is 0 Å². The van der Waals surface area contributed by atoms with Gasteiger partial charge in [-0.3, -0.25) is 9.59 Å². The molecular weight excluding hydrogens is 368 g/mol. The van der Waals surface area contributed by atoms with Gasteiger partial charge in [-0.2, -0.15) is 0 Å². The lowest BCUT2D eigenvalue weighted by Gasteiger charge is -2.18. The summed E-state index contributed by atoms with van der Waals surface area (Å²) in [7, 11) is -3.80. The van der Waals surface area contributed by atoms with Crippen LogP contribution in [0, 0.1) is 0 Å². The summed E-state index contributed by atoms with van der Waals surface area (Å²) in [6.07, 6.45) is -0.458. The Bertz CT molecular complexity index is 895. The summed E-state index contributed by atoms with van der Waals surface area (Å²) in [6.45, 7) is 3.35. The maximum absolute atomic E-state index is 12.4. The average Bonchev–Trinajstić information content (AvgIpc) is 2.63. The van der Waals surface area contributed by atoms with E-state index in [1.807, 2.05) is 37.3 Å². The number of benzene rings is 2. The third kappa shape index (κ3) is 5.63. The monoisotopic (exact) mass is 390 g/mol. The highest BCUT2D eigenvalue weighted by molar-refractivity contribution is 7.89. The van der Waals surface area contributed by atoms with Crippen molar-refractivity contribution in [1.29, 1.82) is 0 Å². The maximum Gasteiger partial charge on any atom is 0.314 e. The molecule has 2 aromatic rings. The van der Waals surface area contributed by atoms with Crippen LogP contribution in [0.3, 0.4) is 0 Å². The second-order valence-corrected chi connectivity index (χ2v) is 7.57. The predicted molar refractivity (Wildman–Crippen MR) is 101 cm³/mol. The molecule has 2 rings (SSSR count). The minimum atomic E-state index is -3.80. The quantitative estimate of drug-likeness (QED) is 0.704. The van der Waals surface area contributed by atoms with E-state index in [2.05, 4.69) is 5.32 Å². The number of nitrogens with two attached hydrogens (primary N) is 1. The largest absolute Gasteiger partial charge is 0.452 e. The molecule has 27 heavy (non-hydrogen) atoms. The van der Waals surface area contributed by atoms with Gasteiger partial charge in [-0.15, -0.1) is 0 Å². The van der Waals surface area contributed by atoms with Gasteiger partial charge in [-0.1, -0.05) is 37.3 Å². The number of hydrogen-bond donors (Lipinski definition) is 2. The molecule has 0 radical (unpaired) electrons. The molecule has 3 N–H and O–H groups in total. The van der Waals surface area contributed by atoms with Crippen LogP contribution in [0.25, 0.3) is 0 Å². The van der Waals surface area contributed by atoms with E-state index in [9.17, 15) is 18.0 Å². The molecule has 0 spiro atoms. The Hall–Kier alpha value is -2.71. The number of sulfonamides is 1. The molecule has 144 valence electrons. The van der Waals surface area contributed by atoms with E-state index < -0.39 is 33.9 Å². The van der Waals surface area contributed by atoms with Gasteiger partial charge in [-0.25, -0.2) is 13.6 Å². The number of carbonyl (C=O) groups excluding carboxylic acids is 2. The van der Waals surface area contributed by atoms with Crippen LogP contribution >= 0.6 is 0 Å². The molecule has 0 aliphatic rings. The van der Waals surface area contributed by atoms with Crippen LogP contribution in [-0.2, 0) is 24.3 Å². The zero-order valence-corrected chi connectivity index (χ0v) is 15.9. The highest BCUT2D eigenvalue weighted by Gasteiger charge is 2.25. The van der Waals surface area contributed by atoms with Crippen LogP contribution in [0.2, 0.25) is 0 Å². The van der Waals surface area contributed by atoms with Gasteiger partial charge in [0.1, 0.15) is 0 Å². The SMILES string of the molecule is CCC(C(=O)OC(C)C(=O)Nc1ccc(S(N)(=O)=O)cc1)c1ccccc1. The first-order valence-electron chi connectivity index (χ1n) is 8.41. The number of nitrogens with one attached hydrogen (secondary N) is 1. The van der Waals surface area contributed by atoms with Gasteiger partial charge in [-0.05, 0) is 43.2 Å². The first kappa shape index (κ1) is 20.6. The second kappa shape index (κ2) is 8.79. The Labute approximate surface area is 158 Å². The van der Waals surface area contributed by atoms with E-state index in [-0.39, 0.29) is 4.90 Å². The molecule has 0 fully saturated rings. The lowest BCUT2D eigenvalue weighted by Crippen LogP contribution is -2.31. The molecule has 8 heteroatoms. The summed E-state index contributed by atoms with van der Waals surface area (Å²) < 4.78 is 27.8. The van der Waals surface area contributed by atoms with Gasteiger partial charge >= 0.3 is 5.97 Å². The van der Waals surface area contributed by atoms with Crippen molar-refractivity contribution in [1.82, 2.24) is 0 Å². The first-order chi connectivity index (χ1) is 12.7. The van der Waals surface area contributed by atoms with Crippen molar-refractivity contribution in [2.75, 3.05) is 5.32 Å². The molecule has 2 unspecified atom stereocenters. The fourth-order valence-electron chi connectivity index (χ4n) is 2.51. The summed E-state index contributed by atoms with van der Waals surface area (Å²) in [4.78, 5) is 24.6. The minimum Gasteiger partial charge on any atom is -0.452 e. The molecule has 0 saturated carbocycles. The standard InChI is InChI=1S/C19H22N2O5S/c1-3-17(14-7-5-4-6-8-14)19(23)26-13(2)18(22)21-15-9-11-16(12-10-15)27(20,24)25/h4-13,17H,3H2,1-2H3,(H,21,22)(H2,20,24,25). The summed E-state index contributed by atoms with van der Waals surface area (Å²) in [5.41, 5.74) is 1.20. The predicted octanol–water partition coefficient (Wildman–Crippen LogP) is 2.40. The van der Waals surface area contributed by atoms with Crippen molar-refractivity contribution >= 4 is 27.6 Å². The number of anilines is 1. The Kier molecular flexibility index (Phi) is 6.70. The van der Waals surface area contributed by atoms with Gasteiger partial charge < -0.3 is 10.1 Å². The molecule has 0 aliphatic heterocycles.